The van der Waals surface area contributed by atoms with Crippen molar-refractivity contribution in [2.75, 3.05) is 11.9 Å². The largest absolute Gasteiger partial charge is 0.452 e. The molecule has 0 saturated heterocycles. The van der Waals surface area contributed by atoms with E-state index >= 15 is 0 Å². The minimum absolute atomic E-state index is 0.149. The Morgan fingerprint density at radius 1 is 1.14 bits per heavy atom. The number of anilines is 1. The highest BCUT2D eigenvalue weighted by molar-refractivity contribution is 7.12. The summed E-state index contributed by atoms with van der Waals surface area (Å²) in [7, 11) is 0. The highest BCUT2D eigenvalue weighted by Gasteiger charge is 2.23. The minimum Gasteiger partial charge on any atom is -0.452 e. The number of rotatable bonds is 6. The van der Waals surface area contributed by atoms with E-state index in [-0.39, 0.29) is 30.0 Å². The van der Waals surface area contributed by atoms with Crippen molar-refractivity contribution in [2.24, 2.45) is 5.92 Å². The van der Waals surface area contributed by atoms with Gasteiger partial charge in [-0.15, -0.1) is 11.3 Å². The van der Waals surface area contributed by atoms with Gasteiger partial charge in [-0.2, -0.15) is 0 Å². The van der Waals surface area contributed by atoms with Crippen molar-refractivity contribution in [1.29, 1.82) is 0 Å². The Morgan fingerprint density at radius 2 is 1.96 bits per heavy atom. The van der Waals surface area contributed by atoms with Crippen LogP contribution in [0.4, 0.5) is 5.69 Å². The fourth-order valence-corrected chi connectivity index (χ4v) is 3.94. The number of hydrogen-bond donors (Lipinski definition) is 2. The van der Waals surface area contributed by atoms with E-state index in [4.69, 9.17) is 4.74 Å². The summed E-state index contributed by atoms with van der Waals surface area (Å²) < 4.78 is 5.14. The van der Waals surface area contributed by atoms with Gasteiger partial charge in [-0.25, -0.2) is 4.79 Å². The summed E-state index contributed by atoms with van der Waals surface area (Å²) in [6, 6.07) is 10.1. The topological polar surface area (TPSA) is 84.5 Å². The molecule has 1 aliphatic carbocycles. The maximum absolute atomic E-state index is 12.3. The van der Waals surface area contributed by atoms with E-state index < -0.39 is 5.97 Å². The number of carbonyl (C=O) groups excluding carboxylic acids is 3. The molecule has 2 amide bonds. The van der Waals surface area contributed by atoms with E-state index in [0.29, 0.717) is 16.5 Å². The first-order valence-electron chi connectivity index (χ1n) is 9.44. The molecule has 1 fully saturated rings. The first-order valence-corrected chi connectivity index (χ1v) is 10.3. The molecular formula is C21H24N2O4S. The molecule has 6 nitrogen and oxygen atoms in total. The summed E-state index contributed by atoms with van der Waals surface area (Å²) >= 11 is 1.34. The first kappa shape index (κ1) is 20.1. The molecule has 2 atom stereocenters. The van der Waals surface area contributed by atoms with Crippen molar-refractivity contribution in [2.45, 2.75) is 38.6 Å². The van der Waals surface area contributed by atoms with Gasteiger partial charge in [0.05, 0.1) is 10.4 Å². The number of hydrogen-bond acceptors (Lipinski definition) is 5. The Labute approximate surface area is 168 Å². The Bertz CT molecular complexity index is 835. The van der Waals surface area contributed by atoms with Crippen LogP contribution in [-0.2, 0) is 9.53 Å². The van der Waals surface area contributed by atoms with E-state index in [0.717, 1.165) is 19.3 Å². The van der Waals surface area contributed by atoms with Crippen LogP contribution in [0, 0.1) is 5.92 Å². The van der Waals surface area contributed by atoms with Crippen LogP contribution in [-0.4, -0.2) is 30.4 Å². The Balaban J connectivity index is 1.51. The van der Waals surface area contributed by atoms with Crippen LogP contribution in [0.3, 0.4) is 0 Å². The van der Waals surface area contributed by atoms with Gasteiger partial charge in [0.1, 0.15) is 0 Å². The smallest absolute Gasteiger partial charge is 0.338 e. The van der Waals surface area contributed by atoms with Crippen molar-refractivity contribution in [3.63, 3.8) is 0 Å². The van der Waals surface area contributed by atoms with Gasteiger partial charge in [-0.3, -0.25) is 9.59 Å². The lowest BCUT2D eigenvalue weighted by atomic mass is 9.86. The molecule has 1 aliphatic rings. The van der Waals surface area contributed by atoms with Crippen molar-refractivity contribution in [3.05, 3.63) is 52.2 Å². The minimum atomic E-state index is -0.598. The lowest BCUT2D eigenvalue weighted by Crippen LogP contribution is -2.42. The highest BCUT2D eigenvalue weighted by Crippen LogP contribution is 2.23. The molecule has 1 aromatic heterocycles. The van der Waals surface area contributed by atoms with Gasteiger partial charge in [-0.05, 0) is 48.4 Å². The second-order valence-corrected chi connectivity index (χ2v) is 7.97. The molecule has 7 heteroatoms. The summed E-state index contributed by atoms with van der Waals surface area (Å²) in [5.74, 6) is -0.674. The second kappa shape index (κ2) is 9.50. The molecule has 1 heterocycles. The van der Waals surface area contributed by atoms with Crippen LogP contribution in [0.25, 0.3) is 0 Å². The second-order valence-electron chi connectivity index (χ2n) is 7.02. The summed E-state index contributed by atoms with van der Waals surface area (Å²) in [5.41, 5.74) is 0.774. The van der Waals surface area contributed by atoms with E-state index in [1.807, 2.05) is 5.38 Å². The average Bonchev–Trinajstić information content (AvgIpc) is 3.23. The van der Waals surface area contributed by atoms with Gasteiger partial charge in [0, 0.05) is 11.7 Å². The SMILES string of the molecule is C[C@H]1CCCC[C@@H]1NC(=O)COC(=O)c1cccc(NC(=O)c2cccs2)c1. The maximum atomic E-state index is 12.3. The number of carbonyl (C=O) groups is 3. The number of benzene rings is 1. The molecule has 1 saturated carbocycles. The van der Waals surface area contributed by atoms with Crippen molar-refractivity contribution in [1.82, 2.24) is 5.32 Å². The molecule has 2 aromatic rings. The van der Waals surface area contributed by atoms with Gasteiger partial charge in [0.2, 0.25) is 0 Å². The summed E-state index contributed by atoms with van der Waals surface area (Å²) in [6.45, 7) is 1.82. The summed E-state index contributed by atoms with van der Waals surface area (Å²) in [6.07, 6.45) is 4.38. The average molecular weight is 401 g/mol. The van der Waals surface area contributed by atoms with Crippen LogP contribution >= 0.6 is 11.3 Å². The van der Waals surface area contributed by atoms with Crippen LogP contribution in [0.1, 0.15) is 52.6 Å². The number of esters is 1. The molecule has 0 unspecified atom stereocenters. The standard InChI is InChI=1S/C21H24N2O4S/c1-14-6-2-3-9-17(14)23-19(24)13-27-21(26)15-7-4-8-16(12-15)22-20(25)18-10-5-11-28-18/h4-5,7-8,10-12,14,17H,2-3,6,9,13H2,1H3,(H,22,25)(H,23,24)/t14-,17-/m0/s1. The van der Waals surface area contributed by atoms with Gasteiger partial charge >= 0.3 is 5.97 Å². The molecule has 0 radical (unpaired) electrons. The number of thiophene rings is 1. The third-order valence-electron chi connectivity index (χ3n) is 4.89. The lowest BCUT2D eigenvalue weighted by Gasteiger charge is -2.29. The van der Waals surface area contributed by atoms with E-state index in [2.05, 4.69) is 17.6 Å². The zero-order chi connectivity index (χ0) is 19.9. The normalized spacial score (nSPS) is 18.9. The monoisotopic (exact) mass is 400 g/mol. The molecule has 1 aromatic carbocycles. The molecule has 2 N–H and O–H groups in total. The number of nitrogens with one attached hydrogen (secondary N) is 2. The molecule has 3 rings (SSSR count). The molecule has 0 aliphatic heterocycles. The Kier molecular flexibility index (Phi) is 6.81. The van der Waals surface area contributed by atoms with Gasteiger partial charge in [-0.1, -0.05) is 31.9 Å². The first-order chi connectivity index (χ1) is 13.5. The number of ether oxygens (including phenoxy) is 1. The summed E-state index contributed by atoms with van der Waals surface area (Å²) in [5, 5.41) is 7.53. The van der Waals surface area contributed by atoms with Gasteiger partial charge in [0.25, 0.3) is 11.8 Å². The molecular weight excluding hydrogens is 376 g/mol. The zero-order valence-electron chi connectivity index (χ0n) is 15.8. The highest BCUT2D eigenvalue weighted by atomic mass is 32.1. The van der Waals surface area contributed by atoms with Crippen LogP contribution in [0.15, 0.2) is 41.8 Å². The molecule has 0 spiro atoms. The van der Waals surface area contributed by atoms with Crippen LogP contribution in [0.2, 0.25) is 0 Å². The van der Waals surface area contributed by atoms with E-state index in [1.54, 1.807) is 30.3 Å². The van der Waals surface area contributed by atoms with Crippen molar-refractivity contribution in [3.8, 4) is 0 Å². The van der Waals surface area contributed by atoms with Gasteiger partial charge < -0.3 is 15.4 Å². The predicted octanol–water partition coefficient (Wildman–Crippen LogP) is 3.85. The zero-order valence-corrected chi connectivity index (χ0v) is 16.6. The van der Waals surface area contributed by atoms with E-state index in [1.165, 1.54) is 23.8 Å². The lowest BCUT2D eigenvalue weighted by molar-refractivity contribution is -0.125. The van der Waals surface area contributed by atoms with Crippen LogP contribution < -0.4 is 10.6 Å². The van der Waals surface area contributed by atoms with E-state index in [9.17, 15) is 14.4 Å². The van der Waals surface area contributed by atoms with Gasteiger partial charge in [0.15, 0.2) is 6.61 Å². The van der Waals surface area contributed by atoms with Crippen molar-refractivity contribution >= 4 is 34.8 Å². The number of amides is 2. The van der Waals surface area contributed by atoms with Crippen LogP contribution in [0.5, 0.6) is 0 Å². The maximum Gasteiger partial charge on any atom is 0.338 e. The molecule has 28 heavy (non-hydrogen) atoms. The Hall–Kier alpha value is -2.67. The fourth-order valence-electron chi connectivity index (χ4n) is 3.32. The van der Waals surface area contributed by atoms with Crippen molar-refractivity contribution < 1.29 is 19.1 Å². The Morgan fingerprint density at radius 3 is 2.71 bits per heavy atom. The fraction of sp³-hybridized carbons (Fsp3) is 0.381. The molecule has 0 bridgehead atoms. The third kappa shape index (κ3) is 5.42. The quantitative estimate of drug-likeness (QED) is 0.722. The predicted molar refractivity (Wildman–Crippen MR) is 109 cm³/mol. The molecule has 148 valence electrons. The third-order valence-corrected chi connectivity index (χ3v) is 5.76. The summed E-state index contributed by atoms with van der Waals surface area (Å²) in [4.78, 5) is 37.1.